The Bertz CT molecular complexity index is 449. The molecular weight excluding hydrogens is 290 g/mol. The molecule has 0 aliphatic carbocycles. The van der Waals surface area contributed by atoms with Crippen LogP contribution in [-0.4, -0.2) is 46.9 Å². The van der Waals surface area contributed by atoms with Crippen LogP contribution in [0.5, 0.6) is 0 Å². The number of hydrogen-bond donors (Lipinski definition) is 1. The van der Waals surface area contributed by atoms with Gasteiger partial charge in [0.1, 0.15) is 0 Å². The topological polar surface area (TPSA) is 59.2 Å². The molecule has 0 spiro atoms. The molecule has 2 N–H and O–H groups in total. The molecule has 2 heterocycles. The van der Waals surface area contributed by atoms with Crippen LogP contribution in [-0.2, 0) is 4.79 Å². The van der Waals surface area contributed by atoms with Crippen molar-refractivity contribution >= 4 is 29.0 Å². The zero-order valence-corrected chi connectivity index (χ0v) is 13.8. The largest absolute Gasteiger partial charge is 0.341 e. The molecule has 0 saturated carbocycles. The molecule has 1 aliphatic rings. The Morgan fingerprint density at radius 3 is 3.15 bits per heavy atom. The van der Waals surface area contributed by atoms with E-state index in [0.717, 1.165) is 48.8 Å². The molecule has 112 valence electrons. The van der Waals surface area contributed by atoms with E-state index in [1.807, 2.05) is 18.1 Å². The zero-order chi connectivity index (χ0) is 14.5. The first kappa shape index (κ1) is 15.8. The molecule has 20 heavy (non-hydrogen) atoms. The molecular formula is C14H23N3OS2. The Labute approximate surface area is 129 Å². The number of aryl methyl sites for hydroxylation is 1. The molecule has 6 heteroatoms. The summed E-state index contributed by atoms with van der Waals surface area (Å²) in [7, 11) is 0. The Morgan fingerprint density at radius 1 is 1.70 bits per heavy atom. The van der Waals surface area contributed by atoms with E-state index in [-0.39, 0.29) is 11.9 Å². The average molecular weight is 313 g/mol. The van der Waals surface area contributed by atoms with Crippen molar-refractivity contribution in [2.75, 3.05) is 25.1 Å². The van der Waals surface area contributed by atoms with Crippen LogP contribution in [0.3, 0.4) is 0 Å². The van der Waals surface area contributed by atoms with E-state index in [4.69, 9.17) is 5.73 Å². The molecule has 1 unspecified atom stereocenters. The SMILES string of the molecule is CSCC[C@H](N)C(=O)N1CCCC(c2nc(C)cs2)C1. The Hall–Kier alpha value is -0.590. The van der Waals surface area contributed by atoms with Crippen molar-refractivity contribution in [1.82, 2.24) is 9.88 Å². The van der Waals surface area contributed by atoms with Gasteiger partial charge in [0.2, 0.25) is 5.91 Å². The maximum Gasteiger partial charge on any atom is 0.239 e. The summed E-state index contributed by atoms with van der Waals surface area (Å²) < 4.78 is 0. The van der Waals surface area contributed by atoms with E-state index in [9.17, 15) is 4.79 Å². The van der Waals surface area contributed by atoms with Crippen molar-refractivity contribution in [3.05, 3.63) is 16.1 Å². The predicted molar refractivity (Wildman–Crippen MR) is 86.4 cm³/mol. The first-order valence-corrected chi connectivity index (χ1v) is 9.34. The van der Waals surface area contributed by atoms with Crippen LogP contribution in [0.1, 0.15) is 35.9 Å². The normalized spacial score (nSPS) is 20.9. The fourth-order valence-corrected chi connectivity index (χ4v) is 3.96. The number of carbonyl (C=O) groups excluding carboxylic acids is 1. The van der Waals surface area contributed by atoms with E-state index in [0.29, 0.717) is 5.92 Å². The van der Waals surface area contributed by atoms with E-state index in [1.165, 1.54) is 0 Å². The lowest BCUT2D eigenvalue weighted by atomic mass is 9.98. The molecule has 2 rings (SSSR count). The second-order valence-corrected chi connectivity index (χ2v) is 7.21. The third-order valence-corrected chi connectivity index (χ3v) is 5.44. The standard InChI is InChI=1S/C14H23N3OS2/c1-10-9-20-13(16-10)11-4-3-6-17(8-11)14(18)12(15)5-7-19-2/h9,11-12H,3-8,15H2,1-2H3/t11?,12-/m0/s1. The van der Waals surface area contributed by atoms with Gasteiger partial charge in [0.25, 0.3) is 0 Å². The van der Waals surface area contributed by atoms with Gasteiger partial charge in [0, 0.05) is 30.1 Å². The van der Waals surface area contributed by atoms with Crippen molar-refractivity contribution < 1.29 is 4.79 Å². The summed E-state index contributed by atoms with van der Waals surface area (Å²) in [5.74, 6) is 1.44. The van der Waals surface area contributed by atoms with Gasteiger partial charge in [-0.3, -0.25) is 4.79 Å². The van der Waals surface area contributed by atoms with Crippen LogP contribution in [0.25, 0.3) is 0 Å². The second kappa shape index (κ2) is 7.43. The van der Waals surface area contributed by atoms with E-state index in [2.05, 4.69) is 10.4 Å². The summed E-state index contributed by atoms with van der Waals surface area (Å²) >= 11 is 3.44. The molecule has 1 aliphatic heterocycles. The van der Waals surface area contributed by atoms with Gasteiger partial charge in [-0.05, 0) is 38.2 Å². The van der Waals surface area contributed by atoms with Crippen LogP contribution in [0.4, 0.5) is 0 Å². The molecule has 1 aromatic rings. The van der Waals surface area contributed by atoms with Gasteiger partial charge < -0.3 is 10.6 Å². The summed E-state index contributed by atoms with van der Waals surface area (Å²) in [6.07, 6.45) is 4.97. The van der Waals surface area contributed by atoms with Crippen molar-refractivity contribution in [3.8, 4) is 0 Å². The molecule has 1 fully saturated rings. The van der Waals surface area contributed by atoms with E-state index in [1.54, 1.807) is 23.1 Å². The number of thioether (sulfide) groups is 1. The number of carbonyl (C=O) groups is 1. The number of nitrogens with two attached hydrogens (primary N) is 1. The zero-order valence-electron chi connectivity index (χ0n) is 12.2. The summed E-state index contributed by atoms with van der Waals surface area (Å²) in [4.78, 5) is 18.9. The fraction of sp³-hybridized carbons (Fsp3) is 0.714. The minimum Gasteiger partial charge on any atom is -0.341 e. The minimum absolute atomic E-state index is 0.108. The second-order valence-electron chi connectivity index (χ2n) is 5.34. The Kier molecular flexibility index (Phi) is 5.86. The van der Waals surface area contributed by atoms with Gasteiger partial charge in [-0.25, -0.2) is 4.98 Å². The number of piperidine rings is 1. The predicted octanol–water partition coefficient (Wildman–Crippen LogP) is 2.24. The van der Waals surface area contributed by atoms with Crippen molar-refractivity contribution in [2.24, 2.45) is 5.73 Å². The van der Waals surface area contributed by atoms with Gasteiger partial charge in [0.05, 0.1) is 11.0 Å². The summed E-state index contributed by atoms with van der Waals surface area (Å²) in [6.45, 7) is 3.63. The highest BCUT2D eigenvalue weighted by molar-refractivity contribution is 7.98. The number of rotatable bonds is 5. The maximum absolute atomic E-state index is 12.4. The lowest BCUT2D eigenvalue weighted by molar-refractivity contribution is -0.133. The number of likely N-dealkylation sites (tertiary alicyclic amines) is 1. The average Bonchev–Trinajstić information content (AvgIpc) is 2.90. The molecule has 4 nitrogen and oxygen atoms in total. The first-order valence-electron chi connectivity index (χ1n) is 7.07. The van der Waals surface area contributed by atoms with Crippen molar-refractivity contribution in [2.45, 2.75) is 38.1 Å². The molecule has 0 aromatic carbocycles. The molecule has 1 saturated heterocycles. The first-order chi connectivity index (χ1) is 9.61. The highest BCUT2D eigenvalue weighted by Gasteiger charge is 2.28. The van der Waals surface area contributed by atoms with Gasteiger partial charge in [-0.15, -0.1) is 11.3 Å². The smallest absolute Gasteiger partial charge is 0.239 e. The molecule has 1 aromatic heterocycles. The lowest BCUT2D eigenvalue weighted by Crippen LogP contribution is -2.47. The third-order valence-electron chi connectivity index (χ3n) is 3.67. The Morgan fingerprint density at radius 2 is 2.50 bits per heavy atom. The quantitative estimate of drug-likeness (QED) is 0.905. The summed E-state index contributed by atoms with van der Waals surface area (Å²) in [5.41, 5.74) is 7.08. The number of hydrogen-bond acceptors (Lipinski definition) is 5. The lowest BCUT2D eigenvalue weighted by Gasteiger charge is -2.33. The van der Waals surface area contributed by atoms with E-state index < -0.39 is 0 Å². The fourth-order valence-electron chi connectivity index (χ4n) is 2.54. The molecule has 0 radical (unpaired) electrons. The van der Waals surface area contributed by atoms with Crippen LogP contribution in [0, 0.1) is 6.92 Å². The number of thiazole rings is 1. The third kappa shape index (κ3) is 3.96. The van der Waals surface area contributed by atoms with Crippen molar-refractivity contribution in [3.63, 3.8) is 0 Å². The molecule has 0 bridgehead atoms. The summed E-state index contributed by atoms with van der Waals surface area (Å²) in [5, 5.41) is 3.25. The van der Waals surface area contributed by atoms with Gasteiger partial charge in [-0.2, -0.15) is 11.8 Å². The van der Waals surface area contributed by atoms with Gasteiger partial charge in [-0.1, -0.05) is 0 Å². The van der Waals surface area contributed by atoms with Crippen LogP contribution < -0.4 is 5.73 Å². The van der Waals surface area contributed by atoms with Crippen LogP contribution >= 0.6 is 23.1 Å². The number of aromatic nitrogens is 1. The highest BCUT2D eigenvalue weighted by Crippen LogP contribution is 2.29. The maximum atomic E-state index is 12.4. The monoisotopic (exact) mass is 313 g/mol. The number of amides is 1. The van der Waals surface area contributed by atoms with Crippen molar-refractivity contribution in [1.29, 1.82) is 0 Å². The molecule has 1 amide bonds. The van der Waals surface area contributed by atoms with Crippen LogP contribution in [0.15, 0.2) is 5.38 Å². The highest BCUT2D eigenvalue weighted by atomic mass is 32.2. The summed E-state index contributed by atoms with van der Waals surface area (Å²) in [6, 6.07) is -0.348. The van der Waals surface area contributed by atoms with Gasteiger partial charge >= 0.3 is 0 Å². The number of nitrogens with zero attached hydrogens (tertiary/aromatic N) is 2. The minimum atomic E-state index is -0.348. The van der Waals surface area contributed by atoms with Gasteiger partial charge in [0.15, 0.2) is 0 Å². The Balaban J connectivity index is 1.94. The van der Waals surface area contributed by atoms with Crippen LogP contribution in [0.2, 0.25) is 0 Å². The molecule has 2 atom stereocenters. The van der Waals surface area contributed by atoms with E-state index >= 15 is 0 Å².